The van der Waals surface area contributed by atoms with Crippen LogP contribution in [0.3, 0.4) is 0 Å². The van der Waals surface area contributed by atoms with Gasteiger partial charge in [0.05, 0.1) is 12.0 Å². The molecule has 3 rings (SSSR count). The van der Waals surface area contributed by atoms with Gasteiger partial charge in [0.25, 0.3) is 0 Å². The number of fused-ring (bicyclic) bond motifs is 3. The topological polar surface area (TPSA) is 52.2 Å². The number of carboxylic acid groups (broad SMARTS) is 1. The summed E-state index contributed by atoms with van der Waals surface area (Å²) in [4.78, 5) is 11.3. The highest BCUT2D eigenvalue weighted by molar-refractivity contribution is 14.1. The molecule has 0 saturated heterocycles. The number of allylic oxidation sites excluding steroid dienone is 2. The molecular weight excluding hydrogens is 341 g/mol. The van der Waals surface area contributed by atoms with Crippen molar-refractivity contribution >= 4 is 34.2 Å². The minimum absolute atomic E-state index is 0.0834. The van der Waals surface area contributed by atoms with Crippen LogP contribution in [0.15, 0.2) is 24.3 Å². The summed E-state index contributed by atoms with van der Waals surface area (Å²) in [6.45, 7) is 2.01. The van der Waals surface area contributed by atoms with Crippen LogP contribution in [0.4, 0.5) is 5.69 Å². The van der Waals surface area contributed by atoms with Crippen LogP contribution in [-0.4, -0.2) is 12.0 Å². The maximum atomic E-state index is 11.3. The van der Waals surface area contributed by atoms with Gasteiger partial charge in [0, 0.05) is 15.2 Å². The molecule has 0 bridgehead atoms. The van der Waals surface area contributed by atoms with E-state index in [4.69, 9.17) is 0 Å². The van der Waals surface area contributed by atoms with Crippen LogP contribution >= 0.6 is 22.6 Å². The van der Waals surface area contributed by atoms with E-state index < -0.39 is 12.0 Å². The summed E-state index contributed by atoms with van der Waals surface area (Å²) in [5, 5.41) is 14.4. The largest absolute Gasteiger partial charge is 0.548 e. The van der Waals surface area contributed by atoms with Crippen molar-refractivity contribution in [2.75, 3.05) is 5.32 Å². The second-order valence-corrected chi connectivity index (χ2v) is 6.23. The van der Waals surface area contributed by atoms with Gasteiger partial charge in [0.15, 0.2) is 0 Å². The van der Waals surface area contributed by atoms with Gasteiger partial charge in [-0.1, -0.05) is 12.2 Å². The molecule has 2 aliphatic rings. The standard InChI is InChI=1S/C14H14INO2/c1-7-5-8(15)6-11-9-3-2-4-10(9)13(14(17)18)16-12(7)11/h2-3,5-6,9-10,13,16H,4H2,1H3,(H,17,18)/p-1/t9-,10+,13+/m0/s1. The molecule has 1 heterocycles. The molecule has 1 N–H and O–H groups in total. The minimum Gasteiger partial charge on any atom is -0.548 e. The smallest absolute Gasteiger partial charge is 0.0698 e. The maximum Gasteiger partial charge on any atom is 0.0698 e. The summed E-state index contributed by atoms with van der Waals surface area (Å²) in [5.74, 6) is -0.713. The predicted octanol–water partition coefficient (Wildman–Crippen LogP) is 1.80. The first-order valence-electron chi connectivity index (χ1n) is 6.02. The van der Waals surface area contributed by atoms with Crippen LogP contribution in [-0.2, 0) is 4.79 Å². The predicted molar refractivity (Wildman–Crippen MR) is 76.3 cm³/mol. The van der Waals surface area contributed by atoms with Crippen molar-refractivity contribution in [3.8, 4) is 0 Å². The molecular formula is C14H13INO2-. The van der Waals surface area contributed by atoms with Crippen molar-refractivity contribution in [1.29, 1.82) is 0 Å². The summed E-state index contributed by atoms with van der Waals surface area (Å²) in [6, 6.07) is 3.63. The van der Waals surface area contributed by atoms with Gasteiger partial charge in [-0.3, -0.25) is 0 Å². The van der Waals surface area contributed by atoms with Crippen molar-refractivity contribution in [3.63, 3.8) is 0 Å². The number of benzene rings is 1. The van der Waals surface area contributed by atoms with E-state index in [2.05, 4.69) is 52.2 Å². The molecule has 0 radical (unpaired) electrons. The normalized spacial score (nSPS) is 28.4. The van der Waals surface area contributed by atoms with E-state index >= 15 is 0 Å². The number of hydrogen-bond donors (Lipinski definition) is 1. The molecule has 4 heteroatoms. The van der Waals surface area contributed by atoms with Gasteiger partial charge >= 0.3 is 0 Å². The van der Waals surface area contributed by atoms with Crippen molar-refractivity contribution in [3.05, 3.63) is 39.0 Å². The van der Waals surface area contributed by atoms with E-state index in [9.17, 15) is 9.90 Å². The molecule has 1 aliphatic carbocycles. The van der Waals surface area contributed by atoms with Gasteiger partial charge in [-0.2, -0.15) is 0 Å². The van der Waals surface area contributed by atoms with Crippen LogP contribution in [0.2, 0.25) is 0 Å². The van der Waals surface area contributed by atoms with Gasteiger partial charge < -0.3 is 15.2 Å². The number of rotatable bonds is 1. The molecule has 1 aliphatic heterocycles. The van der Waals surface area contributed by atoms with Crippen molar-refractivity contribution in [2.24, 2.45) is 5.92 Å². The summed E-state index contributed by atoms with van der Waals surface area (Å²) < 4.78 is 1.19. The molecule has 0 fully saturated rings. The fraction of sp³-hybridized carbons (Fsp3) is 0.357. The number of nitrogens with one attached hydrogen (secondary N) is 1. The molecule has 0 unspecified atom stereocenters. The number of carbonyl (C=O) groups excluding carboxylic acids is 1. The lowest BCUT2D eigenvalue weighted by Crippen LogP contribution is -2.49. The summed E-state index contributed by atoms with van der Waals surface area (Å²) in [7, 11) is 0. The van der Waals surface area contributed by atoms with Crippen LogP contribution in [0.5, 0.6) is 0 Å². The number of aryl methyl sites for hydroxylation is 1. The first-order valence-corrected chi connectivity index (χ1v) is 7.10. The quantitative estimate of drug-likeness (QED) is 0.618. The Kier molecular flexibility index (Phi) is 2.84. The molecule has 0 spiro atoms. The fourth-order valence-electron chi connectivity index (χ4n) is 3.07. The van der Waals surface area contributed by atoms with Crippen molar-refractivity contribution < 1.29 is 9.90 Å². The average molecular weight is 354 g/mol. The molecule has 1 aromatic rings. The van der Waals surface area contributed by atoms with Gasteiger partial charge in [-0.25, -0.2) is 0 Å². The Labute approximate surface area is 119 Å². The lowest BCUT2D eigenvalue weighted by Gasteiger charge is -2.38. The lowest BCUT2D eigenvalue weighted by atomic mass is 9.78. The molecule has 18 heavy (non-hydrogen) atoms. The van der Waals surface area contributed by atoms with Crippen LogP contribution in [0, 0.1) is 16.4 Å². The highest BCUT2D eigenvalue weighted by atomic mass is 127. The monoisotopic (exact) mass is 354 g/mol. The zero-order valence-electron chi connectivity index (χ0n) is 9.94. The molecule has 0 saturated carbocycles. The summed E-state index contributed by atoms with van der Waals surface area (Å²) >= 11 is 2.30. The number of anilines is 1. The highest BCUT2D eigenvalue weighted by Crippen LogP contribution is 2.45. The molecule has 0 amide bonds. The van der Waals surface area contributed by atoms with E-state index in [1.807, 2.05) is 6.92 Å². The fourth-order valence-corrected chi connectivity index (χ4v) is 3.88. The van der Waals surface area contributed by atoms with E-state index in [-0.39, 0.29) is 11.8 Å². The summed E-state index contributed by atoms with van der Waals surface area (Å²) in [5.41, 5.74) is 3.29. The Bertz CT molecular complexity index is 553. The minimum atomic E-state index is -1.00. The third kappa shape index (κ3) is 1.74. The highest BCUT2D eigenvalue weighted by Gasteiger charge is 2.38. The molecule has 0 aromatic heterocycles. The number of carboxylic acids is 1. The third-order valence-electron chi connectivity index (χ3n) is 3.88. The van der Waals surface area contributed by atoms with Crippen LogP contribution in [0.1, 0.15) is 23.5 Å². The Morgan fingerprint density at radius 3 is 3.00 bits per heavy atom. The van der Waals surface area contributed by atoms with Gasteiger partial charge in [0.2, 0.25) is 0 Å². The van der Waals surface area contributed by atoms with Crippen LogP contribution in [0.25, 0.3) is 0 Å². The number of aliphatic carboxylic acids is 1. The summed E-state index contributed by atoms with van der Waals surface area (Å²) in [6.07, 6.45) is 5.02. The Morgan fingerprint density at radius 1 is 1.50 bits per heavy atom. The van der Waals surface area contributed by atoms with Gasteiger partial charge in [-0.15, -0.1) is 0 Å². The van der Waals surface area contributed by atoms with E-state index in [1.165, 1.54) is 9.13 Å². The number of carbonyl (C=O) groups is 1. The zero-order valence-corrected chi connectivity index (χ0v) is 12.1. The third-order valence-corrected chi connectivity index (χ3v) is 4.51. The Balaban J connectivity index is 2.14. The molecule has 94 valence electrons. The average Bonchev–Trinajstić information content (AvgIpc) is 2.76. The van der Waals surface area contributed by atoms with E-state index in [0.29, 0.717) is 0 Å². The number of hydrogen-bond acceptors (Lipinski definition) is 3. The van der Waals surface area contributed by atoms with Gasteiger partial charge in [-0.05, 0) is 65.1 Å². The lowest BCUT2D eigenvalue weighted by molar-refractivity contribution is -0.308. The number of halogens is 1. The van der Waals surface area contributed by atoms with Crippen molar-refractivity contribution in [1.82, 2.24) is 0 Å². The van der Waals surface area contributed by atoms with E-state index in [0.717, 1.165) is 17.7 Å². The first kappa shape index (κ1) is 12.0. The zero-order chi connectivity index (χ0) is 12.9. The van der Waals surface area contributed by atoms with Gasteiger partial charge in [0.1, 0.15) is 0 Å². The Morgan fingerprint density at radius 2 is 2.28 bits per heavy atom. The molecule has 3 nitrogen and oxygen atoms in total. The second-order valence-electron chi connectivity index (χ2n) is 4.98. The molecule has 3 atom stereocenters. The van der Waals surface area contributed by atoms with Crippen molar-refractivity contribution in [2.45, 2.75) is 25.3 Å². The maximum absolute atomic E-state index is 11.3. The second kappa shape index (κ2) is 4.26. The Hall–Kier alpha value is -1.04. The first-order chi connectivity index (χ1) is 8.58. The van der Waals surface area contributed by atoms with E-state index in [1.54, 1.807) is 0 Å². The SMILES string of the molecule is Cc1cc(I)cc2c1N[C@@H](C(=O)[O-])[C@@H]1CC=C[C@H]21. The van der Waals surface area contributed by atoms with Crippen LogP contribution < -0.4 is 10.4 Å². The molecule has 1 aromatic carbocycles.